The number of rotatable bonds is 6. The first-order chi connectivity index (χ1) is 21.8. The normalized spacial score (nSPS) is 11.9. The van der Waals surface area contributed by atoms with Gasteiger partial charge < -0.3 is 19.8 Å². The van der Waals surface area contributed by atoms with Crippen LogP contribution in [-0.4, -0.2) is 69.1 Å². The second-order valence-electron chi connectivity index (χ2n) is 10.2. The van der Waals surface area contributed by atoms with Crippen molar-refractivity contribution in [2.75, 3.05) is 19.4 Å². The van der Waals surface area contributed by atoms with Gasteiger partial charge in [0.05, 0.1) is 17.9 Å². The number of amides is 1. The second kappa shape index (κ2) is 11.1. The van der Waals surface area contributed by atoms with E-state index < -0.39 is 57.4 Å². The quantitative estimate of drug-likeness (QED) is 0.200. The van der Waals surface area contributed by atoms with Crippen molar-refractivity contribution in [3.63, 3.8) is 0 Å². The molecule has 0 saturated carbocycles. The van der Waals surface area contributed by atoms with Crippen LogP contribution in [0.25, 0.3) is 33.8 Å². The van der Waals surface area contributed by atoms with Gasteiger partial charge in [-0.15, -0.1) is 0 Å². The maximum Gasteiger partial charge on any atom is 0.437 e. The Hall–Kier alpha value is -6.11. The van der Waals surface area contributed by atoms with Crippen LogP contribution in [0.1, 0.15) is 11.5 Å². The van der Waals surface area contributed by atoms with Crippen molar-refractivity contribution >= 4 is 22.8 Å². The van der Waals surface area contributed by atoms with Crippen molar-refractivity contribution < 1.29 is 22.4 Å². The number of aromatic nitrogens is 9. The van der Waals surface area contributed by atoms with Gasteiger partial charge in [-0.3, -0.25) is 9.78 Å². The van der Waals surface area contributed by atoms with Gasteiger partial charge in [0.1, 0.15) is 17.2 Å². The summed E-state index contributed by atoms with van der Waals surface area (Å²) in [4.78, 5) is 61.5. The Balaban J connectivity index is 1.42. The third-order valence-electron chi connectivity index (χ3n) is 6.71. The highest BCUT2D eigenvalue weighted by molar-refractivity contribution is 5.92. The lowest BCUT2D eigenvalue weighted by Gasteiger charge is -2.13. The van der Waals surface area contributed by atoms with Crippen LogP contribution in [0, 0.1) is 5.82 Å². The minimum Gasteiger partial charge on any atom is -0.304 e. The van der Waals surface area contributed by atoms with Crippen molar-refractivity contribution in [3.05, 3.63) is 104 Å². The fourth-order valence-electron chi connectivity index (χ4n) is 4.75. The summed E-state index contributed by atoms with van der Waals surface area (Å²) in [5, 5.41) is 11.6. The van der Waals surface area contributed by atoms with Gasteiger partial charge in [-0.25, -0.2) is 33.5 Å². The van der Waals surface area contributed by atoms with Crippen LogP contribution in [0.4, 0.5) is 28.0 Å². The molecule has 6 rings (SSSR count). The van der Waals surface area contributed by atoms with Crippen LogP contribution in [0.15, 0.2) is 69.2 Å². The average Bonchev–Trinajstić information content (AvgIpc) is 3.72. The third kappa shape index (κ3) is 5.38. The van der Waals surface area contributed by atoms with E-state index in [1.165, 1.54) is 42.6 Å². The molecule has 0 aliphatic rings. The molecule has 0 atom stereocenters. The van der Waals surface area contributed by atoms with Crippen LogP contribution in [0.3, 0.4) is 0 Å². The summed E-state index contributed by atoms with van der Waals surface area (Å²) in [7, 11) is 3.66. The average molecular weight is 640 g/mol. The van der Waals surface area contributed by atoms with Crippen molar-refractivity contribution in [3.8, 4) is 22.8 Å². The number of halogens is 4. The number of alkyl halides is 3. The van der Waals surface area contributed by atoms with Gasteiger partial charge in [-0.1, -0.05) is 12.1 Å². The Morgan fingerprint density at radius 3 is 2.50 bits per heavy atom. The highest BCUT2D eigenvalue weighted by Crippen LogP contribution is 2.33. The van der Waals surface area contributed by atoms with Crippen LogP contribution < -0.4 is 22.3 Å². The summed E-state index contributed by atoms with van der Waals surface area (Å²) in [6.45, 7) is 0.445. The predicted octanol–water partition coefficient (Wildman–Crippen LogP) is 2.44. The van der Waals surface area contributed by atoms with Crippen LogP contribution >= 0.6 is 0 Å². The number of hydrogen-bond acceptors (Lipinski definition) is 8. The topological polar surface area (TPSA) is 184 Å². The van der Waals surface area contributed by atoms with E-state index >= 15 is 4.39 Å². The number of benzene rings is 2. The number of fused-ring (bicyclic) bond motifs is 1. The number of carbonyl (C=O) groups is 1. The van der Waals surface area contributed by atoms with E-state index in [0.29, 0.717) is 22.7 Å². The standard InChI is InChI=1S/C27H21F4N11O4/c1-39(2)12-18-32-8-9-40(18)14-6-7-17(16(28)11-14)33-25(45)41-23(43)20-19(34-26(41)46)21(27(29,30)31)38-42(20)15-5-3-4-13(10-15)22-35-24(44)37-36-22/h3-11H,12H2,1-2H3,(H,33,45)(H,34,46)(H2,35,36,37,44). The highest BCUT2D eigenvalue weighted by Gasteiger charge is 2.39. The van der Waals surface area contributed by atoms with Gasteiger partial charge >= 0.3 is 23.6 Å². The first-order valence-corrected chi connectivity index (χ1v) is 13.2. The molecule has 1 amide bonds. The summed E-state index contributed by atoms with van der Waals surface area (Å²) in [5.41, 5.74) is -6.94. The molecule has 4 aromatic heterocycles. The fourth-order valence-corrected chi connectivity index (χ4v) is 4.75. The number of anilines is 1. The van der Waals surface area contributed by atoms with Gasteiger partial charge in [-0.05, 0) is 38.4 Å². The molecule has 0 spiro atoms. The molecule has 6 aromatic rings. The number of hydrogen-bond donors (Lipinski definition) is 4. The molecule has 2 aromatic carbocycles. The predicted molar refractivity (Wildman–Crippen MR) is 154 cm³/mol. The van der Waals surface area contributed by atoms with E-state index in [4.69, 9.17) is 0 Å². The van der Waals surface area contributed by atoms with E-state index in [1.807, 2.05) is 24.0 Å². The van der Waals surface area contributed by atoms with Crippen molar-refractivity contribution in [2.24, 2.45) is 0 Å². The fraction of sp³-hybridized carbons (Fsp3) is 0.148. The van der Waals surface area contributed by atoms with Gasteiger partial charge in [0.15, 0.2) is 17.0 Å². The van der Waals surface area contributed by atoms with E-state index in [9.17, 15) is 32.3 Å². The van der Waals surface area contributed by atoms with Crippen molar-refractivity contribution in [1.29, 1.82) is 0 Å². The Bertz CT molecular complexity index is 2310. The Morgan fingerprint density at radius 1 is 1.04 bits per heavy atom. The number of nitrogens with zero attached hydrogens (tertiary/aromatic N) is 7. The summed E-state index contributed by atoms with van der Waals surface area (Å²) < 4.78 is 59.3. The monoisotopic (exact) mass is 639 g/mol. The maximum atomic E-state index is 15.2. The summed E-state index contributed by atoms with van der Waals surface area (Å²) >= 11 is 0. The van der Waals surface area contributed by atoms with Crippen LogP contribution in [0.5, 0.6) is 0 Å². The molecule has 0 radical (unpaired) electrons. The molecule has 0 aliphatic heterocycles. The molecule has 0 unspecified atom stereocenters. The maximum absolute atomic E-state index is 15.2. The SMILES string of the molecule is CN(C)Cc1nccn1-c1ccc(NC(=O)n2c(=O)[nH]c3c(C(F)(F)F)nn(-c4cccc(-c5n[nH]c(=O)[nH]5)c4)c3c2=O)c(F)c1. The minimum absolute atomic E-state index is 0.00583. The zero-order valence-corrected chi connectivity index (χ0v) is 23.7. The second-order valence-corrected chi connectivity index (χ2v) is 10.2. The molecular formula is C27H21F4N11O4. The summed E-state index contributed by atoms with van der Waals surface area (Å²) in [5.74, 6) is -0.288. The lowest BCUT2D eigenvalue weighted by atomic mass is 10.2. The molecular weight excluding hydrogens is 618 g/mol. The molecule has 0 bridgehead atoms. The molecule has 15 nitrogen and oxygen atoms in total. The number of nitrogens with one attached hydrogen (secondary N) is 4. The molecule has 0 fully saturated rings. The zero-order valence-electron chi connectivity index (χ0n) is 23.7. The lowest BCUT2D eigenvalue weighted by molar-refractivity contribution is -0.140. The molecule has 236 valence electrons. The van der Waals surface area contributed by atoms with E-state index in [1.54, 1.807) is 10.8 Å². The third-order valence-corrected chi connectivity index (χ3v) is 6.71. The number of H-pyrrole nitrogens is 3. The van der Waals surface area contributed by atoms with Gasteiger partial charge in [0.25, 0.3) is 5.56 Å². The van der Waals surface area contributed by atoms with Crippen molar-refractivity contribution in [2.45, 2.75) is 12.7 Å². The summed E-state index contributed by atoms with van der Waals surface area (Å²) in [6.07, 6.45) is -1.97. The van der Waals surface area contributed by atoms with E-state index in [-0.39, 0.29) is 21.6 Å². The number of aromatic amines is 3. The zero-order chi connectivity index (χ0) is 32.9. The first-order valence-electron chi connectivity index (χ1n) is 13.2. The van der Waals surface area contributed by atoms with Crippen molar-refractivity contribution in [1.82, 2.24) is 49.0 Å². The molecule has 19 heteroatoms. The smallest absolute Gasteiger partial charge is 0.304 e. The summed E-state index contributed by atoms with van der Waals surface area (Å²) in [6, 6.07) is 7.75. The van der Waals surface area contributed by atoms with Gasteiger partial charge in [-0.2, -0.15) is 27.9 Å². The van der Waals surface area contributed by atoms with E-state index in [0.717, 1.165) is 6.07 Å². The minimum atomic E-state index is -5.12. The molecule has 0 aliphatic carbocycles. The highest BCUT2D eigenvalue weighted by atomic mass is 19.4. The van der Waals surface area contributed by atoms with Gasteiger partial charge in [0, 0.05) is 29.7 Å². The lowest BCUT2D eigenvalue weighted by Crippen LogP contribution is -2.42. The number of imidazole rings is 1. The molecule has 46 heavy (non-hydrogen) atoms. The number of carbonyl (C=O) groups excluding carboxylic acids is 1. The van der Waals surface area contributed by atoms with Crippen LogP contribution in [-0.2, 0) is 12.7 Å². The molecule has 4 heterocycles. The Kier molecular flexibility index (Phi) is 7.23. The van der Waals surface area contributed by atoms with Crippen LogP contribution in [0.2, 0.25) is 0 Å². The first kappa shape index (κ1) is 29.9. The molecule has 4 N–H and O–H groups in total. The molecule has 0 saturated heterocycles. The van der Waals surface area contributed by atoms with E-state index in [2.05, 4.69) is 30.6 Å². The largest absolute Gasteiger partial charge is 0.437 e. The van der Waals surface area contributed by atoms with Gasteiger partial charge in [0.2, 0.25) is 0 Å². The Labute approximate surface area is 252 Å². The Morgan fingerprint density at radius 2 is 1.83 bits per heavy atom.